The molecule has 2 heterocycles. The predicted octanol–water partition coefficient (Wildman–Crippen LogP) is 2.48. The molecular formula is C13H16N2. The first-order valence-corrected chi connectivity index (χ1v) is 5.74. The average Bonchev–Trinajstić information content (AvgIpc) is 2.74. The van der Waals surface area contributed by atoms with Crippen molar-refractivity contribution in [1.29, 1.82) is 0 Å². The molecule has 2 nitrogen and oxygen atoms in total. The van der Waals surface area contributed by atoms with Crippen molar-refractivity contribution in [2.45, 2.75) is 12.8 Å². The molecule has 3 rings (SSSR count). The van der Waals surface area contributed by atoms with Crippen molar-refractivity contribution in [3.05, 3.63) is 36.5 Å². The van der Waals surface area contributed by atoms with Gasteiger partial charge in [0.25, 0.3) is 0 Å². The van der Waals surface area contributed by atoms with E-state index in [0.29, 0.717) is 0 Å². The minimum atomic E-state index is 0.858. The van der Waals surface area contributed by atoms with E-state index in [1.807, 2.05) is 12.3 Å². The maximum atomic E-state index is 4.42. The monoisotopic (exact) mass is 200 g/mol. The third-order valence-electron chi connectivity index (χ3n) is 3.59. The summed E-state index contributed by atoms with van der Waals surface area (Å²) in [4.78, 5) is 6.86. The first-order valence-electron chi connectivity index (χ1n) is 5.74. The molecule has 2 heteroatoms. The van der Waals surface area contributed by atoms with Crippen LogP contribution in [-0.2, 0) is 0 Å². The van der Waals surface area contributed by atoms with Crippen LogP contribution in [0.5, 0.6) is 0 Å². The molecule has 2 atom stereocenters. The van der Waals surface area contributed by atoms with E-state index in [9.17, 15) is 0 Å². The molecule has 1 aromatic rings. The molecule has 0 amide bonds. The number of fused-ring (bicyclic) bond motifs is 1. The van der Waals surface area contributed by atoms with Crippen LogP contribution in [-0.4, -0.2) is 18.1 Å². The summed E-state index contributed by atoms with van der Waals surface area (Å²) in [7, 11) is 0. The highest BCUT2D eigenvalue weighted by Crippen LogP contribution is 2.34. The van der Waals surface area contributed by atoms with Crippen LogP contribution in [0.4, 0.5) is 5.82 Å². The lowest BCUT2D eigenvalue weighted by atomic mass is 9.86. The van der Waals surface area contributed by atoms with Crippen molar-refractivity contribution in [1.82, 2.24) is 4.98 Å². The Balaban J connectivity index is 1.77. The molecule has 1 aliphatic carbocycles. The quantitative estimate of drug-likeness (QED) is 0.647. The molecular weight excluding hydrogens is 184 g/mol. The molecule has 78 valence electrons. The Hall–Kier alpha value is -1.31. The van der Waals surface area contributed by atoms with Crippen LogP contribution < -0.4 is 4.90 Å². The van der Waals surface area contributed by atoms with Crippen molar-refractivity contribution >= 4 is 5.82 Å². The maximum absolute atomic E-state index is 4.42. The van der Waals surface area contributed by atoms with Crippen molar-refractivity contribution in [3.63, 3.8) is 0 Å². The minimum absolute atomic E-state index is 0.858. The summed E-state index contributed by atoms with van der Waals surface area (Å²) in [6.07, 6.45) is 9.07. The molecule has 2 unspecified atom stereocenters. The topological polar surface area (TPSA) is 16.1 Å². The molecule has 1 aromatic heterocycles. The van der Waals surface area contributed by atoms with Gasteiger partial charge < -0.3 is 4.90 Å². The Labute approximate surface area is 90.6 Å². The lowest BCUT2D eigenvalue weighted by Gasteiger charge is -2.17. The summed E-state index contributed by atoms with van der Waals surface area (Å²) in [5.41, 5.74) is 0. The minimum Gasteiger partial charge on any atom is -0.356 e. The highest BCUT2D eigenvalue weighted by atomic mass is 15.2. The first kappa shape index (κ1) is 8.96. The fraction of sp³-hybridized carbons (Fsp3) is 0.462. The zero-order valence-corrected chi connectivity index (χ0v) is 8.84. The Morgan fingerprint density at radius 3 is 2.40 bits per heavy atom. The molecule has 1 fully saturated rings. The molecule has 0 saturated carbocycles. The van der Waals surface area contributed by atoms with E-state index in [4.69, 9.17) is 0 Å². The molecule has 0 bridgehead atoms. The second kappa shape index (κ2) is 3.69. The molecule has 15 heavy (non-hydrogen) atoms. The number of nitrogens with zero attached hydrogens (tertiary/aromatic N) is 2. The smallest absolute Gasteiger partial charge is 0.128 e. The van der Waals surface area contributed by atoms with E-state index in [1.165, 1.54) is 25.9 Å². The van der Waals surface area contributed by atoms with Crippen LogP contribution in [0.25, 0.3) is 0 Å². The summed E-state index contributed by atoms with van der Waals surface area (Å²) < 4.78 is 0. The van der Waals surface area contributed by atoms with Crippen LogP contribution in [0.15, 0.2) is 36.5 Å². The largest absolute Gasteiger partial charge is 0.356 e. The van der Waals surface area contributed by atoms with Gasteiger partial charge in [-0.05, 0) is 36.8 Å². The number of anilines is 1. The summed E-state index contributed by atoms with van der Waals surface area (Å²) in [5.74, 6) is 2.86. The Morgan fingerprint density at radius 1 is 1.07 bits per heavy atom. The molecule has 0 N–H and O–H groups in total. The van der Waals surface area contributed by atoms with Crippen LogP contribution in [0.1, 0.15) is 12.8 Å². The van der Waals surface area contributed by atoms with Gasteiger partial charge in [-0.25, -0.2) is 4.98 Å². The van der Waals surface area contributed by atoms with E-state index in [0.717, 1.165) is 17.7 Å². The fourth-order valence-corrected chi connectivity index (χ4v) is 2.74. The molecule has 1 aliphatic heterocycles. The standard InChI is InChI=1S/C13H16N2/c1-2-6-12-10-15(9-11(12)5-1)13-7-3-4-8-14-13/h1-4,7-8,11-12H,5-6,9-10H2. The number of rotatable bonds is 1. The van der Waals surface area contributed by atoms with Crippen molar-refractivity contribution in [2.24, 2.45) is 11.8 Å². The van der Waals surface area contributed by atoms with Crippen LogP contribution in [0, 0.1) is 11.8 Å². The van der Waals surface area contributed by atoms with Gasteiger partial charge in [-0.3, -0.25) is 0 Å². The van der Waals surface area contributed by atoms with Gasteiger partial charge in [0.1, 0.15) is 5.82 Å². The highest BCUT2D eigenvalue weighted by molar-refractivity contribution is 5.39. The molecule has 0 spiro atoms. The van der Waals surface area contributed by atoms with Crippen molar-refractivity contribution < 1.29 is 0 Å². The Morgan fingerprint density at radius 2 is 1.80 bits per heavy atom. The SMILES string of the molecule is C1=CCC2CN(c3ccccn3)CC2C1. The third kappa shape index (κ3) is 1.65. The van der Waals surface area contributed by atoms with Gasteiger partial charge in [0, 0.05) is 19.3 Å². The van der Waals surface area contributed by atoms with E-state index >= 15 is 0 Å². The van der Waals surface area contributed by atoms with Gasteiger partial charge in [0.15, 0.2) is 0 Å². The number of hydrogen-bond acceptors (Lipinski definition) is 2. The average molecular weight is 200 g/mol. The lowest BCUT2D eigenvalue weighted by molar-refractivity contribution is 0.411. The lowest BCUT2D eigenvalue weighted by Crippen LogP contribution is -2.20. The van der Waals surface area contributed by atoms with Gasteiger partial charge in [-0.1, -0.05) is 18.2 Å². The van der Waals surface area contributed by atoms with Crippen LogP contribution in [0.2, 0.25) is 0 Å². The molecule has 0 aromatic carbocycles. The van der Waals surface area contributed by atoms with E-state index < -0.39 is 0 Å². The predicted molar refractivity (Wildman–Crippen MR) is 61.8 cm³/mol. The Kier molecular flexibility index (Phi) is 2.20. The van der Waals surface area contributed by atoms with Gasteiger partial charge in [0.05, 0.1) is 0 Å². The van der Waals surface area contributed by atoms with E-state index in [-0.39, 0.29) is 0 Å². The molecule has 0 radical (unpaired) electrons. The van der Waals surface area contributed by atoms with Crippen molar-refractivity contribution in [2.75, 3.05) is 18.0 Å². The summed E-state index contributed by atoms with van der Waals surface area (Å²) in [6.45, 7) is 2.37. The van der Waals surface area contributed by atoms with Gasteiger partial charge in [-0.2, -0.15) is 0 Å². The zero-order valence-electron chi connectivity index (χ0n) is 8.84. The van der Waals surface area contributed by atoms with E-state index in [2.05, 4.69) is 34.2 Å². The third-order valence-corrected chi connectivity index (χ3v) is 3.59. The summed E-state index contributed by atoms with van der Waals surface area (Å²) in [6, 6.07) is 6.17. The Bertz CT molecular complexity index is 342. The number of pyridine rings is 1. The van der Waals surface area contributed by atoms with Gasteiger partial charge >= 0.3 is 0 Å². The van der Waals surface area contributed by atoms with Crippen LogP contribution in [0.3, 0.4) is 0 Å². The normalized spacial score (nSPS) is 29.2. The maximum Gasteiger partial charge on any atom is 0.128 e. The summed E-state index contributed by atoms with van der Waals surface area (Å²) >= 11 is 0. The van der Waals surface area contributed by atoms with Gasteiger partial charge in [-0.15, -0.1) is 0 Å². The molecule has 1 saturated heterocycles. The van der Waals surface area contributed by atoms with Gasteiger partial charge in [0.2, 0.25) is 0 Å². The highest BCUT2D eigenvalue weighted by Gasteiger charge is 2.32. The second-order valence-electron chi connectivity index (χ2n) is 4.56. The van der Waals surface area contributed by atoms with Crippen LogP contribution >= 0.6 is 0 Å². The fourth-order valence-electron chi connectivity index (χ4n) is 2.74. The first-order chi connectivity index (χ1) is 7.43. The summed E-state index contributed by atoms with van der Waals surface area (Å²) in [5, 5.41) is 0. The number of allylic oxidation sites excluding steroid dienone is 2. The second-order valence-corrected chi connectivity index (χ2v) is 4.56. The van der Waals surface area contributed by atoms with E-state index in [1.54, 1.807) is 0 Å². The number of hydrogen-bond donors (Lipinski definition) is 0. The number of aromatic nitrogens is 1. The zero-order chi connectivity index (χ0) is 10.1. The van der Waals surface area contributed by atoms with Crippen molar-refractivity contribution in [3.8, 4) is 0 Å². The molecule has 2 aliphatic rings.